The largest absolute Gasteiger partial charge is 0.383 e. The Hall–Kier alpha value is -0.440. The quantitative estimate of drug-likeness (QED) is 0.683. The summed E-state index contributed by atoms with van der Waals surface area (Å²) in [5.74, 6) is 0. The van der Waals surface area contributed by atoms with E-state index in [1.165, 1.54) is 21.4 Å². The Kier molecular flexibility index (Phi) is 5.57. The zero-order valence-corrected chi connectivity index (χ0v) is 12.2. The van der Waals surface area contributed by atoms with E-state index in [4.69, 9.17) is 4.74 Å². The van der Waals surface area contributed by atoms with Crippen LogP contribution >= 0.6 is 15.9 Å². The molecule has 0 saturated heterocycles. The maximum absolute atomic E-state index is 12.2. The van der Waals surface area contributed by atoms with E-state index in [1.807, 2.05) is 0 Å². The second-order valence-corrected chi connectivity index (χ2v) is 6.17. The highest BCUT2D eigenvalue weighted by Crippen LogP contribution is 2.14. The lowest BCUT2D eigenvalue weighted by molar-refractivity contribution is 0.181. The zero-order valence-electron chi connectivity index (χ0n) is 9.84. The lowest BCUT2D eigenvalue weighted by Gasteiger charge is -2.19. The number of nitrogens with zero attached hydrogens (tertiary/aromatic N) is 3. The van der Waals surface area contributed by atoms with Gasteiger partial charge in [-0.1, -0.05) is 15.9 Å². The number of hydrogen-bond donors (Lipinski definition) is 0. The maximum atomic E-state index is 12.2. The van der Waals surface area contributed by atoms with Crippen LogP contribution in [0.2, 0.25) is 0 Å². The third kappa shape index (κ3) is 3.77. The molecule has 0 aliphatic rings. The summed E-state index contributed by atoms with van der Waals surface area (Å²) in [5, 5.41) is 4.45. The molecular formula is C9H16BrN3O3S. The number of methoxy groups -OCH3 is 1. The topological polar surface area (TPSA) is 64.4 Å². The van der Waals surface area contributed by atoms with Crippen molar-refractivity contribution >= 4 is 26.0 Å². The van der Waals surface area contributed by atoms with Crippen molar-refractivity contribution in [1.29, 1.82) is 0 Å². The molecule has 8 heteroatoms. The molecule has 0 bridgehead atoms. The summed E-state index contributed by atoms with van der Waals surface area (Å²) >= 11 is 3.24. The zero-order chi connectivity index (χ0) is 12.9. The second kappa shape index (κ2) is 6.48. The smallest absolute Gasteiger partial charge is 0.246 e. The first-order valence-electron chi connectivity index (χ1n) is 5.06. The van der Waals surface area contributed by atoms with Gasteiger partial charge in [0.05, 0.1) is 12.8 Å². The average molecular weight is 326 g/mol. The molecule has 0 unspecified atom stereocenters. The standard InChI is InChI=1S/C9H16BrN3O3S/c1-12-8-9(7-11-12)17(14,15)13(4-3-10)5-6-16-2/h7-8H,3-6H2,1-2H3. The summed E-state index contributed by atoms with van der Waals surface area (Å²) in [6.07, 6.45) is 2.84. The van der Waals surface area contributed by atoms with Crippen molar-refractivity contribution in [1.82, 2.24) is 14.1 Å². The Labute approximate surface area is 110 Å². The predicted molar refractivity (Wildman–Crippen MR) is 67.6 cm³/mol. The second-order valence-electron chi connectivity index (χ2n) is 3.44. The van der Waals surface area contributed by atoms with Gasteiger partial charge in [0.2, 0.25) is 10.0 Å². The van der Waals surface area contributed by atoms with Crippen LogP contribution in [0.5, 0.6) is 0 Å². The lowest BCUT2D eigenvalue weighted by atomic mass is 10.6. The fourth-order valence-corrected chi connectivity index (χ4v) is 3.39. The first-order valence-corrected chi connectivity index (χ1v) is 7.62. The van der Waals surface area contributed by atoms with E-state index >= 15 is 0 Å². The van der Waals surface area contributed by atoms with Crippen LogP contribution in [0.3, 0.4) is 0 Å². The first-order chi connectivity index (χ1) is 8.02. The van der Waals surface area contributed by atoms with Crippen molar-refractivity contribution < 1.29 is 13.2 Å². The van der Waals surface area contributed by atoms with Crippen molar-refractivity contribution in [3.8, 4) is 0 Å². The molecule has 1 aromatic rings. The summed E-state index contributed by atoms with van der Waals surface area (Å²) in [7, 11) is -0.246. The molecule has 0 aromatic carbocycles. The third-order valence-electron chi connectivity index (χ3n) is 2.20. The van der Waals surface area contributed by atoms with Gasteiger partial charge < -0.3 is 4.74 Å². The Morgan fingerprint density at radius 3 is 2.71 bits per heavy atom. The Bertz CT molecular complexity index is 446. The number of sulfonamides is 1. The lowest BCUT2D eigenvalue weighted by Crippen LogP contribution is -2.35. The van der Waals surface area contributed by atoms with Gasteiger partial charge in [-0.05, 0) is 0 Å². The summed E-state index contributed by atoms with van der Waals surface area (Å²) in [6, 6.07) is 0. The number of aryl methyl sites for hydroxylation is 1. The molecule has 0 N–H and O–H groups in total. The van der Waals surface area contributed by atoms with Crippen molar-refractivity contribution in [2.45, 2.75) is 4.90 Å². The number of hydrogen-bond acceptors (Lipinski definition) is 4. The summed E-state index contributed by atoms with van der Waals surface area (Å²) in [4.78, 5) is 0.206. The van der Waals surface area contributed by atoms with E-state index < -0.39 is 10.0 Å². The van der Waals surface area contributed by atoms with Crippen LogP contribution in [0.25, 0.3) is 0 Å². The van der Waals surface area contributed by atoms with Gasteiger partial charge >= 0.3 is 0 Å². The summed E-state index contributed by atoms with van der Waals surface area (Å²) in [5.41, 5.74) is 0. The molecule has 0 aliphatic carbocycles. The van der Waals surface area contributed by atoms with Crippen molar-refractivity contribution in [2.24, 2.45) is 7.05 Å². The molecule has 0 radical (unpaired) electrons. The van der Waals surface area contributed by atoms with E-state index in [-0.39, 0.29) is 4.90 Å². The van der Waals surface area contributed by atoms with Crippen LogP contribution in [-0.2, 0) is 21.8 Å². The van der Waals surface area contributed by atoms with Gasteiger partial charge in [0.15, 0.2) is 0 Å². The molecule has 1 rings (SSSR count). The molecule has 0 fully saturated rings. The molecule has 6 nitrogen and oxygen atoms in total. The fourth-order valence-electron chi connectivity index (χ4n) is 1.32. The number of alkyl halides is 1. The maximum Gasteiger partial charge on any atom is 0.246 e. The van der Waals surface area contributed by atoms with Crippen LogP contribution in [-0.4, -0.2) is 54.6 Å². The van der Waals surface area contributed by atoms with Crippen LogP contribution in [0, 0.1) is 0 Å². The molecule has 0 saturated carbocycles. The van der Waals surface area contributed by atoms with E-state index in [0.29, 0.717) is 25.0 Å². The molecule has 0 aliphatic heterocycles. The van der Waals surface area contributed by atoms with Gasteiger partial charge in [-0.15, -0.1) is 0 Å². The number of rotatable bonds is 7. The van der Waals surface area contributed by atoms with Gasteiger partial charge in [-0.25, -0.2) is 8.42 Å². The minimum atomic E-state index is -3.47. The highest BCUT2D eigenvalue weighted by molar-refractivity contribution is 9.09. The first kappa shape index (κ1) is 14.6. The Morgan fingerprint density at radius 1 is 1.53 bits per heavy atom. The van der Waals surface area contributed by atoms with Crippen molar-refractivity contribution in [2.75, 3.05) is 32.1 Å². The van der Waals surface area contributed by atoms with Gasteiger partial charge in [0, 0.05) is 38.8 Å². The van der Waals surface area contributed by atoms with Gasteiger partial charge in [0.25, 0.3) is 0 Å². The molecule has 0 spiro atoms. The predicted octanol–water partition coefficient (Wildman–Crippen LogP) is 0.452. The third-order valence-corrected chi connectivity index (χ3v) is 4.40. The van der Waals surface area contributed by atoms with E-state index in [9.17, 15) is 8.42 Å². The highest BCUT2D eigenvalue weighted by atomic mass is 79.9. The summed E-state index contributed by atoms with van der Waals surface area (Å²) in [6.45, 7) is 1.10. The average Bonchev–Trinajstić information content (AvgIpc) is 2.71. The minimum absolute atomic E-state index is 0.206. The van der Waals surface area contributed by atoms with E-state index in [2.05, 4.69) is 21.0 Å². The van der Waals surface area contributed by atoms with Crippen LogP contribution in [0.4, 0.5) is 0 Å². The van der Waals surface area contributed by atoms with Crippen LogP contribution in [0.15, 0.2) is 17.3 Å². The number of aromatic nitrogens is 2. The van der Waals surface area contributed by atoms with Gasteiger partial charge in [-0.3, -0.25) is 4.68 Å². The molecule has 1 heterocycles. The number of halogens is 1. The molecule has 1 aromatic heterocycles. The van der Waals surface area contributed by atoms with Crippen LogP contribution < -0.4 is 0 Å². The molecular weight excluding hydrogens is 310 g/mol. The summed E-state index contributed by atoms with van der Waals surface area (Å²) < 4.78 is 32.2. The Morgan fingerprint density at radius 2 is 2.24 bits per heavy atom. The molecule has 98 valence electrons. The van der Waals surface area contributed by atoms with E-state index in [1.54, 1.807) is 14.2 Å². The van der Waals surface area contributed by atoms with Gasteiger partial charge in [-0.2, -0.15) is 9.40 Å². The monoisotopic (exact) mass is 325 g/mol. The normalized spacial score (nSPS) is 12.2. The Balaban J connectivity index is 2.91. The van der Waals surface area contributed by atoms with Gasteiger partial charge in [0.1, 0.15) is 4.90 Å². The number of ether oxygens (including phenoxy) is 1. The van der Waals surface area contributed by atoms with Crippen LogP contribution in [0.1, 0.15) is 0 Å². The fraction of sp³-hybridized carbons (Fsp3) is 0.667. The van der Waals surface area contributed by atoms with Crippen molar-refractivity contribution in [3.05, 3.63) is 12.4 Å². The molecule has 17 heavy (non-hydrogen) atoms. The highest BCUT2D eigenvalue weighted by Gasteiger charge is 2.24. The van der Waals surface area contributed by atoms with E-state index in [0.717, 1.165) is 0 Å². The molecule has 0 atom stereocenters. The molecule has 0 amide bonds. The van der Waals surface area contributed by atoms with Crippen molar-refractivity contribution in [3.63, 3.8) is 0 Å². The SMILES string of the molecule is COCCN(CCBr)S(=O)(=O)c1cnn(C)c1. The minimum Gasteiger partial charge on any atom is -0.383 e.